The summed E-state index contributed by atoms with van der Waals surface area (Å²) in [4.78, 5) is 16.3. The van der Waals surface area contributed by atoms with Gasteiger partial charge in [-0.05, 0) is 30.7 Å². The average molecular weight is 315 g/mol. The number of benzene rings is 1. The van der Waals surface area contributed by atoms with E-state index in [1.807, 2.05) is 24.3 Å². The van der Waals surface area contributed by atoms with Gasteiger partial charge in [0.1, 0.15) is 11.6 Å². The molecule has 0 saturated heterocycles. The standard InChI is InChI=1S/C17H21N3O3/c1-22-11-5-9-19-17(21)13-8-10-18-16(12-13)20-14-6-3-4-7-15(14)23-2/h3-4,6-8,10,12H,5,9,11H2,1-2H3,(H,18,20)(H,19,21). The molecule has 0 atom stereocenters. The molecule has 23 heavy (non-hydrogen) atoms. The third kappa shape index (κ3) is 4.96. The number of carbonyl (C=O) groups is 1. The van der Waals surface area contributed by atoms with E-state index in [4.69, 9.17) is 9.47 Å². The Kier molecular flexibility index (Phi) is 6.38. The van der Waals surface area contributed by atoms with Crippen LogP contribution in [0, 0.1) is 0 Å². The molecule has 6 heteroatoms. The number of hydrogen-bond acceptors (Lipinski definition) is 5. The van der Waals surface area contributed by atoms with Gasteiger partial charge < -0.3 is 20.1 Å². The number of ether oxygens (including phenoxy) is 2. The smallest absolute Gasteiger partial charge is 0.251 e. The Hall–Kier alpha value is -2.60. The maximum absolute atomic E-state index is 12.1. The summed E-state index contributed by atoms with van der Waals surface area (Å²) < 4.78 is 10.2. The van der Waals surface area contributed by atoms with Crippen molar-refractivity contribution in [2.45, 2.75) is 6.42 Å². The molecule has 0 fully saturated rings. The lowest BCUT2D eigenvalue weighted by molar-refractivity contribution is 0.0948. The summed E-state index contributed by atoms with van der Waals surface area (Å²) in [5.41, 5.74) is 1.34. The van der Waals surface area contributed by atoms with Crippen LogP contribution in [0.25, 0.3) is 0 Å². The second-order valence-corrected chi connectivity index (χ2v) is 4.86. The van der Waals surface area contributed by atoms with Crippen molar-refractivity contribution in [3.05, 3.63) is 48.2 Å². The molecule has 1 aromatic carbocycles. The van der Waals surface area contributed by atoms with Crippen LogP contribution < -0.4 is 15.4 Å². The highest BCUT2D eigenvalue weighted by Crippen LogP contribution is 2.26. The van der Waals surface area contributed by atoms with Crippen molar-refractivity contribution in [3.8, 4) is 5.75 Å². The predicted molar refractivity (Wildman–Crippen MR) is 89.3 cm³/mol. The molecule has 0 aliphatic carbocycles. The molecule has 0 saturated carbocycles. The van der Waals surface area contributed by atoms with Crippen LogP contribution in [0.3, 0.4) is 0 Å². The van der Waals surface area contributed by atoms with Gasteiger partial charge in [0.05, 0.1) is 12.8 Å². The van der Waals surface area contributed by atoms with Gasteiger partial charge in [0.2, 0.25) is 0 Å². The van der Waals surface area contributed by atoms with Crippen LogP contribution in [0.2, 0.25) is 0 Å². The minimum atomic E-state index is -0.133. The second-order valence-electron chi connectivity index (χ2n) is 4.86. The summed E-state index contributed by atoms with van der Waals surface area (Å²) in [6.07, 6.45) is 2.38. The fraction of sp³-hybridized carbons (Fsp3) is 0.294. The van der Waals surface area contributed by atoms with Crippen LogP contribution in [0.15, 0.2) is 42.6 Å². The molecule has 0 radical (unpaired) electrons. The van der Waals surface area contributed by atoms with Crippen molar-refractivity contribution in [3.63, 3.8) is 0 Å². The Morgan fingerprint density at radius 2 is 2.04 bits per heavy atom. The molecule has 0 aliphatic heterocycles. The number of carbonyl (C=O) groups excluding carboxylic acids is 1. The van der Waals surface area contributed by atoms with Crippen LogP contribution in [0.1, 0.15) is 16.8 Å². The van der Waals surface area contributed by atoms with Gasteiger partial charge in [0, 0.05) is 32.0 Å². The number of methoxy groups -OCH3 is 2. The first-order valence-corrected chi connectivity index (χ1v) is 7.38. The van der Waals surface area contributed by atoms with Gasteiger partial charge in [-0.3, -0.25) is 4.79 Å². The SMILES string of the molecule is COCCCNC(=O)c1ccnc(Nc2ccccc2OC)c1. The zero-order valence-corrected chi connectivity index (χ0v) is 13.3. The van der Waals surface area contributed by atoms with Crippen molar-refractivity contribution in [2.24, 2.45) is 0 Å². The number of hydrogen-bond donors (Lipinski definition) is 2. The van der Waals surface area contributed by atoms with E-state index in [9.17, 15) is 4.79 Å². The molecular weight excluding hydrogens is 294 g/mol. The Bertz CT molecular complexity index is 646. The third-order valence-corrected chi connectivity index (χ3v) is 3.20. The van der Waals surface area contributed by atoms with Gasteiger partial charge in [-0.2, -0.15) is 0 Å². The largest absolute Gasteiger partial charge is 0.495 e. The monoisotopic (exact) mass is 315 g/mol. The van der Waals surface area contributed by atoms with Gasteiger partial charge in [-0.15, -0.1) is 0 Å². The van der Waals surface area contributed by atoms with E-state index in [1.165, 1.54) is 0 Å². The topological polar surface area (TPSA) is 72.5 Å². The molecule has 2 N–H and O–H groups in total. The zero-order chi connectivity index (χ0) is 16.5. The van der Waals surface area contributed by atoms with Crippen LogP contribution in [0.5, 0.6) is 5.75 Å². The van der Waals surface area contributed by atoms with Gasteiger partial charge in [-0.1, -0.05) is 12.1 Å². The van der Waals surface area contributed by atoms with Crippen LogP contribution in [-0.4, -0.2) is 38.3 Å². The molecule has 6 nitrogen and oxygen atoms in total. The summed E-state index contributed by atoms with van der Waals surface area (Å²) in [6.45, 7) is 1.20. The fourth-order valence-electron chi connectivity index (χ4n) is 2.05. The lowest BCUT2D eigenvalue weighted by atomic mass is 10.2. The van der Waals surface area contributed by atoms with E-state index in [1.54, 1.807) is 32.5 Å². The molecule has 1 amide bonds. The highest BCUT2D eigenvalue weighted by molar-refractivity contribution is 5.94. The quantitative estimate of drug-likeness (QED) is 0.733. The van der Waals surface area contributed by atoms with Crippen molar-refractivity contribution < 1.29 is 14.3 Å². The van der Waals surface area contributed by atoms with Crippen LogP contribution in [-0.2, 0) is 4.74 Å². The molecule has 1 heterocycles. The number of rotatable bonds is 8. The maximum Gasteiger partial charge on any atom is 0.251 e. The van der Waals surface area contributed by atoms with Crippen molar-refractivity contribution >= 4 is 17.4 Å². The molecule has 2 aromatic rings. The number of nitrogens with one attached hydrogen (secondary N) is 2. The minimum absolute atomic E-state index is 0.133. The molecule has 2 rings (SSSR count). The van der Waals surface area contributed by atoms with Gasteiger partial charge in [0.15, 0.2) is 0 Å². The highest BCUT2D eigenvalue weighted by atomic mass is 16.5. The minimum Gasteiger partial charge on any atom is -0.495 e. The number of pyridine rings is 1. The number of para-hydroxylation sites is 2. The molecule has 0 bridgehead atoms. The molecule has 0 spiro atoms. The zero-order valence-electron chi connectivity index (χ0n) is 13.3. The Balaban J connectivity index is 2.03. The number of amides is 1. The van der Waals surface area contributed by atoms with E-state index in [2.05, 4.69) is 15.6 Å². The summed E-state index contributed by atoms with van der Waals surface area (Å²) in [5, 5.41) is 6.01. The molecule has 0 unspecified atom stereocenters. The normalized spacial score (nSPS) is 10.2. The summed E-state index contributed by atoms with van der Waals surface area (Å²) in [6, 6.07) is 10.9. The average Bonchev–Trinajstić information content (AvgIpc) is 2.59. The number of aromatic nitrogens is 1. The fourth-order valence-corrected chi connectivity index (χ4v) is 2.05. The predicted octanol–water partition coefficient (Wildman–Crippen LogP) is 2.60. The van der Waals surface area contributed by atoms with Crippen molar-refractivity contribution in [1.29, 1.82) is 0 Å². The first-order valence-electron chi connectivity index (χ1n) is 7.38. The Morgan fingerprint density at radius 1 is 1.22 bits per heavy atom. The Morgan fingerprint density at radius 3 is 2.83 bits per heavy atom. The first kappa shape index (κ1) is 16.8. The molecule has 122 valence electrons. The lowest BCUT2D eigenvalue weighted by Crippen LogP contribution is -2.25. The summed E-state index contributed by atoms with van der Waals surface area (Å²) in [5.74, 6) is 1.16. The van der Waals surface area contributed by atoms with E-state index in [-0.39, 0.29) is 5.91 Å². The number of anilines is 2. The van der Waals surface area contributed by atoms with E-state index in [0.717, 1.165) is 12.1 Å². The Labute approximate surface area is 135 Å². The van der Waals surface area contributed by atoms with Gasteiger partial charge >= 0.3 is 0 Å². The number of nitrogens with zero attached hydrogens (tertiary/aromatic N) is 1. The molecule has 0 aliphatic rings. The summed E-state index contributed by atoms with van der Waals surface area (Å²) in [7, 11) is 3.25. The van der Waals surface area contributed by atoms with E-state index in [0.29, 0.717) is 30.3 Å². The molecular formula is C17H21N3O3. The van der Waals surface area contributed by atoms with Crippen molar-refractivity contribution in [1.82, 2.24) is 10.3 Å². The highest BCUT2D eigenvalue weighted by Gasteiger charge is 2.08. The van der Waals surface area contributed by atoms with Crippen LogP contribution >= 0.6 is 0 Å². The van der Waals surface area contributed by atoms with E-state index >= 15 is 0 Å². The lowest BCUT2D eigenvalue weighted by Gasteiger charge is -2.11. The van der Waals surface area contributed by atoms with Crippen LogP contribution in [0.4, 0.5) is 11.5 Å². The second kappa shape index (κ2) is 8.75. The maximum atomic E-state index is 12.1. The summed E-state index contributed by atoms with van der Waals surface area (Å²) >= 11 is 0. The van der Waals surface area contributed by atoms with E-state index < -0.39 is 0 Å². The first-order chi connectivity index (χ1) is 11.2. The van der Waals surface area contributed by atoms with Gasteiger partial charge in [-0.25, -0.2) is 4.98 Å². The third-order valence-electron chi connectivity index (χ3n) is 3.20. The van der Waals surface area contributed by atoms with Crippen molar-refractivity contribution in [2.75, 3.05) is 32.7 Å². The molecule has 1 aromatic heterocycles. The van der Waals surface area contributed by atoms with Gasteiger partial charge in [0.25, 0.3) is 5.91 Å².